The Kier molecular flexibility index (Phi) is 7.00. The smallest absolute Gasteiger partial charge is 0.0219 e. The van der Waals surface area contributed by atoms with Crippen LogP contribution in [-0.4, -0.2) is 0 Å². The van der Waals surface area contributed by atoms with Crippen LogP contribution in [0.5, 0.6) is 0 Å². The Morgan fingerprint density at radius 1 is 0.941 bits per heavy atom. The molecule has 0 aliphatic heterocycles. The van der Waals surface area contributed by atoms with E-state index in [4.69, 9.17) is 0 Å². The first-order valence-electron chi connectivity index (χ1n) is 7.33. The molecule has 0 heteroatoms. The van der Waals surface area contributed by atoms with E-state index in [-0.39, 0.29) is 0 Å². The molecule has 0 amide bonds. The van der Waals surface area contributed by atoms with Crippen LogP contribution in [0.4, 0.5) is 0 Å². The van der Waals surface area contributed by atoms with Crippen molar-refractivity contribution < 1.29 is 0 Å². The molecule has 17 heavy (non-hydrogen) atoms. The maximum Gasteiger partial charge on any atom is -0.0219 e. The van der Waals surface area contributed by atoms with Gasteiger partial charge in [-0.3, -0.25) is 0 Å². The second kappa shape index (κ2) is 8.33. The average Bonchev–Trinajstić information content (AvgIpc) is 2.34. The van der Waals surface area contributed by atoms with E-state index in [9.17, 15) is 0 Å². The SMILES string of the molecule is CCCCCCCCc1cccc(C(C)C)c1. The van der Waals surface area contributed by atoms with E-state index in [1.807, 2.05) is 0 Å². The Hall–Kier alpha value is -0.780. The number of aryl methyl sites for hydroxylation is 1. The Morgan fingerprint density at radius 3 is 2.35 bits per heavy atom. The van der Waals surface area contributed by atoms with Crippen LogP contribution in [0.2, 0.25) is 0 Å². The first kappa shape index (κ1) is 14.3. The summed E-state index contributed by atoms with van der Waals surface area (Å²) in [6.45, 7) is 6.81. The van der Waals surface area contributed by atoms with Gasteiger partial charge in [0.15, 0.2) is 0 Å². The molecule has 0 saturated carbocycles. The summed E-state index contributed by atoms with van der Waals surface area (Å²) in [7, 11) is 0. The molecule has 0 atom stereocenters. The van der Waals surface area contributed by atoms with Gasteiger partial charge in [0.2, 0.25) is 0 Å². The Bertz CT molecular complexity index is 299. The summed E-state index contributed by atoms with van der Waals surface area (Å²) in [6, 6.07) is 9.12. The minimum atomic E-state index is 0.652. The van der Waals surface area contributed by atoms with E-state index in [2.05, 4.69) is 45.0 Å². The van der Waals surface area contributed by atoms with E-state index in [1.165, 1.54) is 56.1 Å². The lowest BCUT2D eigenvalue weighted by Gasteiger charge is -2.08. The fourth-order valence-electron chi connectivity index (χ4n) is 2.22. The molecule has 1 aromatic carbocycles. The molecule has 1 rings (SSSR count). The van der Waals surface area contributed by atoms with Crippen molar-refractivity contribution in [2.75, 3.05) is 0 Å². The number of unbranched alkanes of at least 4 members (excludes halogenated alkanes) is 5. The fourth-order valence-corrected chi connectivity index (χ4v) is 2.22. The standard InChI is InChI=1S/C17H28/c1-4-5-6-7-8-9-11-16-12-10-13-17(14-16)15(2)3/h10,12-15H,4-9,11H2,1-3H3. The predicted octanol–water partition coefficient (Wildman–Crippen LogP) is 5.71. The first-order chi connectivity index (χ1) is 8.24. The summed E-state index contributed by atoms with van der Waals surface area (Å²) in [5, 5.41) is 0. The summed E-state index contributed by atoms with van der Waals surface area (Å²) in [5.41, 5.74) is 3.00. The highest BCUT2D eigenvalue weighted by Gasteiger charge is 2.00. The molecule has 96 valence electrons. The van der Waals surface area contributed by atoms with Gasteiger partial charge in [-0.1, -0.05) is 77.1 Å². The molecule has 0 fully saturated rings. The van der Waals surface area contributed by atoms with Crippen molar-refractivity contribution in [2.24, 2.45) is 0 Å². The van der Waals surface area contributed by atoms with E-state index in [0.717, 1.165) is 0 Å². The van der Waals surface area contributed by atoms with Crippen LogP contribution >= 0.6 is 0 Å². The highest BCUT2D eigenvalue weighted by atomic mass is 14.1. The van der Waals surface area contributed by atoms with Gasteiger partial charge in [-0.25, -0.2) is 0 Å². The molecule has 0 aliphatic carbocycles. The number of hydrogen-bond acceptors (Lipinski definition) is 0. The zero-order valence-corrected chi connectivity index (χ0v) is 11.8. The number of rotatable bonds is 8. The van der Waals surface area contributed by atoms with Crippen molar-refractivity contribution in [3.63, 3.8) is 0 Å². The van der Waals surface area contributed by atoms with Gasteiger partial charge in [-0.15, -0.1) is 0 Å². The van der Waals surface area contributed by atoms with E-state index < -0.39 is 0 Å². The summed E-state index contributed by atoms with van der Waals surface area (Å²) in [6.07, 6.45) is 9.59. The summed E-state index contributed by atoms with van der Waals surface area (Å²) in [5.74, 6) is 0.652. The molecule has 0 aliphatic rings. The molecular formula is C17H28. The normalized spacial score (nSPS) is 11.1. The van der Waals surface area contributed by atoms with Crippen molar-refractivity contribution >= 4 is 0 Å². The monoisotopic (exact) mass is 232 g/mol. The molecule has 0 heterocycles. The topological polar surface area (TPSA) is 0 Å². The van der Waals surface area contributed by atoms with Gasteiger partial charge in [0.1, 0.15) is 0 Å². The van der Waals surface area contributed by atoms with Crippen molar-refractivity contribution in [3.8, 4) is 0 Å². The molecule has 0 aromatic heterocycles. The molecule has 0 spiro atoms. The van der Waals surface area contributed by atoms with Crippen LogP contribution in [0.25, 0.3) is 0 Å². The van der Waals surface area contributed by atoms with Crippen LogP contribution in [0.1, 0.15) is 76.3 Å². The van der Waals surface area contributed by atoms with E-state index in [1.54, 1.807) is 0 Å². The third-order valence-electron chi connectivity index (χ3n) is 3.44. The predicted molar refractivity (Wildman–Crippen MR) is 77.6 cm³/mol. The van der Waals surface area contributed by atoms with Gasteiger partial charge in [-0.2, -0.15) is 0 Å². The zero-order valence-electron chi connectivity index (χ0n) is 11.8. The Balaban J connectivity index is 2.24. The second-order valence-electron chi connectivity index (χ2n) is 5.42. The maximum absolute atomic E-state index is 2.39. The third-order valence-corrected chi connectivity index (χ3v) is 3.44. The highest BCUT2D eigenvalue weighted by molar-refractivity contribution is 5.25. The van der Waals surface area contributed by atoms with Crippen molar-refractivity contribution in [3.05, 3.63) is 35.4 Å². The van der Waals surface area contributed by atoms with E-state index in [0.29, 0.717) is 5.92 Å². The van der Waals surface area contributed by atoms with Crippen LogP contribution in [0.3, 0.4) is 0 Å². The minimum absolute atomic E-state index is 0.652. The van der Waals surface area contributed by atoms with Gasteiger partial charge in [0.05, 0.1) is 0 Å². The molecule has 1 aromatic rings. The van der Waals surface area contributed by atoms with Gasteiger partial charge in [0, 0.05) is 0 Å². The van der Waals surface area contributed by atoms with Gasteiger partial charge in [0.25, 0.3) is 0 Å². The van der Waals surface area contributed by atoms with Crippen LogP contribution in [0.15, 0.2) is 24.3 Å². The van der Waals surface area contributed by atoms with Gasteiger partial charge in [-0.05, 0) is 29.9 Å². The van der Waals surface area contributed by atoms with Crippen molar-refractivity contribution in [2.45, 2.75) is 71.6 Å². The number of benzene rings is 1. The number of hydrogen-bond donors (Lipinski definition) is 0. The Labute approximate surface area is 107 Å². The molecule has 0 unspecified atom stereocenters. The van der Waals surface area contributed by atoms with E-state index >= 15 is 0 Å². The molecule has 0 radical (unpaired) electrons. The van der Waals surface area contributed by atoms with Crippen LogP contribution in [-0.2, 0) is 6.42 Å². The molecule has 0 N–H and O–H groups in total. The summed E-state index contributed by atoms with van der Waals surface area (Å²) >= 11 is 0. The lowest BCUT2D eigenvalue weighted by molar-refractivity contribution is 0.607. The first-order valence-corrected chi connectivity index (χ1v) is 7.33. The Morgan fingerprint density at radius 2 is 1.65 bits per heavy atom. The lowest BCUT2D eigenvalue weighted by Crippen LogP contribution is -1.91. The molecular weight excluding hydrogens is 204 g/mol. The average molecular weight is 232 g/mol. The summed E-state index contributed by atoms with van der Waals surface area (Å²) < 4.78 is 0. The molecule has 0 bridgehead atoms. The summed E-state index contributed by atoms with van der Waals surface area (Å²) in [4.78, 5) is 0. The van der Waals surface area contributed by atoms with Crippen LogP contribution in [0, 0.1) is 0 Å². The lowest BCUT2D eigenvalue weighted by atomic mass is 9.98. The zero-order chi connectivity index (χ0) is 12.5. The quantitative estimate of drug-likeness (QED) is 0.503. The highest BCUT2D eigenvalue weighted by Crippen LogP contribution is 2.17. The minimum Gasteiger partial charge on any atom is -0.0654 e. The van der Waals surface area contributed by atoms with Gasteiger partial charge < -0.3 is 0 Å². The molecule has 0 nitrogen and oxygen atoms in total. The maximum atomic E-state index is 2.39. The van der Waals surface area contributed by atoms with Crippen molar-refractivity contribution in [1.82, 2.24) is 0 Å². The molecule has 0 saturated heterocycles. The van der Waals surface area contributed by atoms with Crippen LogP contribution < -0.4 is 0 Å². The van der Waals surface area contributed by atoms with Crippen molar-refractivity contribution in [1.29, 1.82) is 0 Å². The fraction of sp³-hybridized carbons (Fsp3) is 0.647. The second-order valence-corrected chi connectivity index (χ2v) is 5.42. The van der Waals surface area contributed by atoms with Gasteiger partial charge >= 0.3 is 0 Å². The largest absolute Gasteiger partial charge is 0.0654 e. The third kappa shape index (κ3) is 5.91.